The molecule has 0 spiro atoms. The summed E-state index contributed by atoms with van der Waals surface area (Å²) in [5.41, 5.74) is 5.39. The molecule has 0 aliphatic carbocycles. The van der Waals surface area contributed by atoms with Crippen molar-refractivity contribution in [3.05, 3.63) is 0 Å². The van der Waals surface area contributed by atoms with Gasteiger partial charge in [0.1, 0.15) is 0 Å². The second-order valence-corrected chi connectivity index (χ2v) is 4.67. The van der Waals surface area contributed by atoms with E-state index in [-0.39, 0.29) is 0 Å². The summed E-state index contributed by atoms with van der Waals surface area (Å²) in [5, 5.41) is 0. The highest BCUT2D eigenvalue weighted by Gasteiger charge is 2.04. The largest absolute Gasteiger partial charge is 0.381 e. The monoisotopic (exact) mass is 229 g/mol. The van der Waals surface area contributed by atoms with Gasteiger partial charge in [0, 0.05) is 13.2 Å². The molecule has 0 saturated heterocycles. The summed E-state index contributed by atoms with van der Waals surface area (Å²) in [6.07, 6.45) is 10.4. The van der Waals surface area contributed by atoms with Crippen LogP contribution in [-0.4, -0.2) is 19.8 Å². The zero-order valence-corrected chi connectivity index (χ0v) is 11.3. The molecule has 98 valence electrons. The van der Waals surface area contributed by atoms with Gasteiger partial charge in [0.25, 0.3) is 0 Å². The van der Waals surface area contributed by atoms with Crippen molar-refractivity contribution >= 4 is 0 Å². The van der Waals surface area contributed by atoms with Crippen molar-refractivity contribution in [3.63, 3.8) is 0 Å². The van der Waals surface area contributed by atoms with Gasteiger partial charge >= 0.3 is 0 Å². The lowest BCUT2D eigenvalue weighted by Gasteiger charge is -2.13. The molecule has 16 heavy (non-hydrogen) atoms. The molecular weight excluding hydrogens is 198 g/mol. The van der Waals surface area contributed by atoms with Crippen LogP contribution in [0.5, 0.6) is 0 Å². The summed E-state index contributed by atoms with van der Waals surface area (Å²) >= 11 is 0. The first-order chi connectivity index (χ1) is 7.85. The minimum Gasteiger partial charge on any atom is -0.381 e. The Morgan fingerprint density at radius 1 is 0.938 bits per heavy atom. The third kappa shape index (κ3) is 10.4. The third-order valence-electron chi connectivity index (χ3n) is 3.19. The lowest BCUT2D eigenvalue weighted by atomic mass is 9.94. The van der Waals surface area contributed by atoms with Gasteiger partial charge in [0.05, 0.1) is 0 Å². The van der Waals surface area contributed by atoms with Gasteiger partial charge in [0.15, 0.2) is 0 Å². The summed E-state index contributed by atoms with van der Waals surface area (Å²) in [6.45, 7) is 7.10. The highest BCUT2D eigenvalue weighted by Crippen LogP contribution is 2.19. The summed E-state index contributed by atoms with van der Waals surface area (Å²) in [4.78, 5) is 0. The van der Waals surface area contributed by atoms with E-state index in [1.54, 1.807) is 0 Å². The lowest BCUT2D eigenvalue weighted by molar-refractivity contribution is 0.127. The van der Waals surface area contributed by atoms with Gasteiger partial charge in [-0.15, -0.1) is 0 Å². The summed E-state index contributed by atoms with van der Waals surface area (Å²) in [5.74, 6) is 0.948. The Hall–Kier alpha value is -0.0800. The average Bonchev–Trinajstić information content (AvgIpc) is 2.32. The van der Waals surface area contributed by atoms with E-state index in [0.717, 1.165) is 32.1 Å². The topological polar surface area (TPSA) is 35.2 Å². The number of hydrogen-bond donors (Lipinski definition) is 1. The summed E-state index contributed by atoms with van der Waals surface area (Å²) < 4.78 is 5.49. The Labute approximate surface area is 102 Å². The van der Waals surface area contributed by atoms with E-state index in [1.807, 2.05) is 0 Å². The Balaban J connectivity index is 3.20. The number of unbranched alkanes of at least 4 members (excludes halogenated alkanes) is 2. The molecule has 2 heteroatoms. The molecule has 2 nitrogen and oxygen atoms in total. The quantitative estimate of drug-likeness (QED) is 0.517. The number of nitrogens with two attached hydrogens (primary N) is 1. The molecule has 0 aliphatic heterocycles. The van der Waals surface area contributed by atoms with Crippen LogP contribution in [0.1, 0.15) is 65.2 Å². The lowest BCUT2D eigenvalue weighted by Crippen LogP contribution is -2.05. The maximum absolute atomic E-state index is 5.49. The summed E-state index contributed by atoms with van der Waals surface area (Å²) in [6, 6.07) is 0. The van der Waals surface area contributed by atoms with Crippen molar-refractivity contribution in [1.29, 1.82) is 0 Å². The molecule has 0 amide bonds. The molecule has 0 aromatic heterocycles. The minimum atomic E-state index is 0.745. The second-order valence-electron chi connectivity index (χ2n) is 4.67. The standard InChI is InChI=1S/C14H31NO/c1-3-5-9-14(4-2)10-6-7-12-16-13-8-11-15/h14H,3-13,15H2,1-2H3. The van der Waals surface area contributed by atoms with Crippen LogP contribution in [0.2, 0.25) is 0 Å². The normalized spacial score (nSPS) is 12.9. The molecule has 1 atom stereocenters. The van der Waals surface area contributed by atoms with E-state index in [1.165, 1.54) is 44.9 Å². The first-order valence-electron chi connectivity index (χ1n) is 7.12. The van der Waals surface area contributed by atoms with E-state index in [0.29, 0.717) is 0 Å². The van der Waals surface area contributed by atoms with Crippen LogP contribution in [0, 0.1) is 5.92 Å². The molecule has 1 unspecified atom stereocenters. The molecule has 0 heterocycles. The van der Waals surface area contributed by atoms with Crippen LogP contribution < -0.4 is 5.73 Å². The predicted molar refractivity (Wildman–Crippen MR) is 71.6 cm³/mol. The van der Waals surface area contributed by atoms with Gasteiger partial charge in [-0.25, -0.2) is 0 Å². The Morgan fingerprint density at radius 3 is 2.25 bits per heavy atom. The fourth-order valence-electron chi connectivity index (χ4n) is 1.97. The van der Waals surface area contributed by atoms with Gasteiger partial charge in [-0.1, -0.05) is 52.4 Å². The predicted octanol–water partition coefficient (Wildman–Crippen LogP) is 3.74. The number of ether oxygens (including phenoxy) is 1. The molecule has 0 radical (unpaired) electrons. The highest BCUT2D eigenvalue weighted by molar-refractivity contribution is 4.57. The van der Waals surface area contributed by atoms with Crippen molar-refractivity contribution < 1.29 is 4.74 Å². The number of hydrogen-bond acceptors (Lipinski definition) is 2. The van der Waals surface area contributed by atoms with Crippen molar-refractivity contribution in [2.45, 2.75) is 65.2 Å². The van der Waals surface area contributed by atoms with Crippen molar-refractivity contribution in [2.24, 2.45) is 11.7 Å². The molecule has 0 aromatic rings. The Kier molecular flexibility index (Phi) is 12.9. The second kappa shape index (κ2) is 13.0. The maximum atomic E-state index is 5.49. The van der Waals surface area contributed by atoms with Crippen LogP contribution in [0.15, 0.2) is 0 Å². The molecule has 0 fully saturated rings. The van der Waals surface area contributed by atoms with E-state index in [4.69, 9.17) is 10.5 Å². The van der Waals surface area contributed by atoms with Crippen molar-refractivity contribution in [3.8, 4) is 0 Å². The molecule has 0 saturated carbocycles. The minimum absolute atomic E-state index is 0.745. The summed E-state index contributed by atoms with van der Waals surface area (Å²) in [7, 11) is 0. The number of rotatable bonds is 12. The SMILES string of the molecule is CCCCC(CC)CCCCOCCCN. The zero-order valence-electron chi connectivity index (χ0n) is 11.3. The van der Waals surface area contributed by atoms with E-state index >= 15 is 0 Å². The molecule has 0 aliphatic rings. The molecular formula is C14H31NO. The van der Waals surface area contributed by atoms with Crippen LogP contribution in [0.4, 0.5) is 0 Å². The maximum Gasteiger partial charge on any atom is 0.0478 e. The average molecular weight is 229 g/mol. The van der Waals surface area contributed by atoms with Gasteiger partial charge in [-0.3, -0.25) is 0 Å². The van der Waals surface area contributed by atoms with Crippen molar-refractivity contribution in [2.75, 3.05) is 19.8 Å². The first-order valence-corrected chi connectivity index (χ1v) is 7.12. The fraction of sp³-hybridized carbons (Fsp3) is 1.00. The highest BCUT2D eigenvalue weighted by atomic mass is 16.5. The van der Waals surface area contributed by atoms with E-state index in [9.17, 15) is 0 Å². The Morgan fingerprint density at radius 2 is 1.62 bits per heavy atom. The van der Waals surface area contributed by atoms with Crippen LogP contribution in [-0.2, 0) is 4.74 Å². The fourth-order valence-corrected chi connectivity index (χ4v) is 1.97. The van der Waals surface area contributed by atoms with Gasteiger partial charge in [0.2, 0.25) is 0 Å². The van der Waals surface area contributed by atoms with E-state index in [2.05, 4.69) is 13.8 Å². The van der Waals surface area contributed by atoms with Crippen molar-refractivity contribution in [1.82, 2.24) is 0 Å². The smallest absolute Gasteiger partial charge is 0.0478 e. The molecule has 0 bridgehead atoms. The zero-order chi connectivity index (χ0) is 12.1. The van der Waals surface area contributed by atoms with Gasteiger partial charge < -0.3 is 10.5 Å². The van der Waals surface area contributed by atoms with Crippen LogP contribution in [0.3, 0.4) is 0 Å². The van der Waals surface area contributed by atoms with Crippen LogP contribution in [0.25, 0.3) is 0 Å². The first kappa shape index (κ1) is 15.9. The van der Waals surface area contributed by atoms with Crippen LogP contribution >= 0.6 is 0 Å². The molecule has 2 N–H and O–H groups in total. The third-order valence-corrected chi connectivity index (χ3v) is 3.19. The Bertz CT molecular complexity index is 128. The van der Waals surface area contributed by atoms with E-state index < -0.39 is 0 Å². The molecule has 0 aromatic carbocycles. The molecule has 0 rings (SSSR count). The van der Waals surface area contributed by atoms with Gasteiger partial charge in [-0.2, -0.15) is 0 Å². The van der Waals surface area contributed by atoms with Gasteiger partial charge in [-0.05, 0) is 25.3 Å².